The number of nitro benzene ring substituents is 1. The van der Waals surface area contributed by atoms with Gasteiger partial charge in [0.1, 0.15) is 10.8 Å². The van der Waals surface area contributed by atoms with Crippen LogP contribution in [0.2, 0.25) is 15.1 Å². The number of anilines is 1. The minimum atomic E-state index is -0.589. The molecule has 110 valence electrons. The van der Waals surface area contributed by atoms with Crippen molar-refractivity contribution in [3.05, 3.63) is 49.4 Å². The van der Waals surface area contributed by atoms with E-state index in [1.54, 1.807) is 7.05 Å². The van der Waals surface area contributed by atoms with Crippen LogP contribution < -0.4 is 10.1 Å². The summed E-state index contributed by atoms with van der Waals surface area (Å²) in [5.41, 5.74) is -0.252. The summed E-state index contributed by atoms with van der Waals surface area (Å²) in [5, 5.41) is 14.4. The lowest BCUT2D eigenvalue weighted by Crippen LogP contribution is -1.98. The van der Waals surface area contributed by atoms with Gasteiger partial charge in [-0.05, 0) is 12.1 Å². The topological polar surface area (TPSA) is 77.3 Å². The molecule has 2 rings (SSSR count). The van der Waals surface area contributed by atoms with Gasteiger partial charge in [0.2, 0.25) is 11.6 Å². The van der Waals surface area contributed by atoms with E-state index >= 15 is 0 Å². The highest BCUT2D eigenvalue weighted by molar-refractivity contribution is 6.36. The molecular weight excluding hydrogens is 341 g/mol. The average Bonchev–Trinajstić information content (AvgIpc) is 2.41. The molecule has 0 fully saturated rings. The Hall–Kier alpha value is -1.76. The van der Waals surface area contributed by atoms with Crippen molar-refractivity contribution in [1.82, 2.24) is 4.98 Å². The van der Waals surface area contributed by atoms with Gasteiger partial charge in [-0.1, -0.05) is 34.8 Å². The van der Waals surface area contributed by atoms with E-state index < -0.39 is 4.92 Å². The molecule has 9 heteroatoms. The standard InChI is InChI=1S/C12H8Cl3N3O3/c1-16-11-7(14)5-8(15)12(17-11)21-10-4-6(13)2-3-9(10)18(19)20/h2-5H,1H3,(H,16,17). The van der Waals surface area contributed by atoms with Crippen LogP contribution in [0.4, 0.5) is 11.5 Å². The number of nitrogens with zero attached hydrogens (tertiary/aromatic N) is 2. The molecular formula is C12H8Cl3N3O3. The van der Waals surface area contributed by atoms with Gasteiger partial charge < -0.3 is 10.1 Å². The van der Waals surface area contributed by atoms with Crippen LogP contribution in [-0.4, -0.2) is 17.0 Å². The fourth-order valence-corrected chi connectivity index (χ4v) is 2.18. The van der Waals surface area contributed by atoms with E-state index in [0.29, 0.717) is 10.8 Å². The lowest BCUT2D eigenvalue weighted by Gasteiger charge is -2.10. The Labute approximate surface area is 134 Å². The molecule has 0 unspecified atom stereocenters. The number of halogens is 3. The Morgan fingerprint density at radius 3 is 2.57 bits per heavy atom. The summed E-state index contributed by atoms with van der Waals surface area (Å²) in [6, 6.07) is 5.36. The predicted octanol–water partition coefficient (Wildman–Crippen LogP) is 4.78. The zero-order valence-electron chi connectivity index (χ0n) is 10.6. The van der Waals surface area contributed by atoms with Crippen molar-refractivity contribution in [2.45, 2.75) is 0 Å². The van der Waals surface area contributed by atoms with Gasteiger partial charge in [-0.3, -0.25) is 10.1 Å². The van der Waals surface area contributed by atoms with Gasteiger partial charge in [0.05, 0.1) is 9.95 Å². The maximum atomic E-state index is 11.0. The Bertz CT molecular complexity index is 710. The molecule has 0 saturated heterocycles. The van der Waals surface area contributed by atoms with Crippen LogP contribution in [0.25, 0.3) is 0 Å². The highest BCUT2D eigenvalue weighted by atomic mass is 35.5. The van der Waals surface area contributed by atoms with Gasteiger partial charge in [0, 0.05) is 24.2 Å². The first kappa shape index (κ1) is 15.6. The second kappa shape index (κ2) is 6.34. The minimum absolute atomic E-state index is 0.0178. The summed E-state index contributed by atoms with van der Waals surface area (Å²) in [6.45, 7) is 0. The van der Waals surface area contributed by atoms with Crippen molar-refractivity contribution in [2.24, 2.45) is 0 Å². The van der Waals surface area contributed by atoms with E-state index in [-0.39, 0.29) is 27.4 Å². The minimum Gasteiger partial charge on any atom is -0.430 e. The lowest BCUT2D eigenvalue weighted by atomic mass is 10.3. The van der Waals surface area contributed by atoms with Gasteiger partial charge in [-0.25, -0.2) is 0 Å². The summed E-state index contributed by atoms with van der Waals surface area (Å²) in [6.07, 6.45) is 0. The lowest BCUT2D eigenvalue weighted by molar-refractivity contribution is -0.385. The van der Waals surface area contributed by atoms with Gasteiger partial charge in [0.25, 0.3) is 0 Å². The highest BCUT2D eigenvalue weighted by Crippen LogP contribution is 2.37. The first-order chi connectivity index (χ1) is 9.92. The third-order valence-electron chi connectivity index (χ3n) is 2.46. The molecule has 0 spiro atoms. The monoisotopic (exact) mass is 347 g/mol. The zero-order chi connectivity index (χ0) is 15.6. The number of pyridine rings is 1. The summed E-state index contributed by atoms with van der Waals surface area (Å²) < 4.78 is 5.41. The average molecular weight is 349 g/mol. The van der Waals surface area contributed by atoms with E-state index in [1.165, 1.54) is 24.3 Å². The SMILES string of the molecule is CNc1nc(Oc2cc(Cl)ccc2[N+](=O)[O-])c(Cl)cc1Cl. The maximum Gasteiger partial charge on any atom is 0.311 e. The van der Waals surface area contributed by atoms with E-state index in [2.05, 4.69) is 10.3 Å². The summed E-state index contributed by atoms with van der Waals surface area (Å²) in [4.78, 5) is 14.4. The molecule has 0 bridgehead atoms. The van der Waals surface area contributed by atoms with Crippen LogP contribution in [0.15, 0.2) is 24.3 Å². The predicted molar refractivity (Wildman–Crippen MR) is 82.0 cm³/mol. The maximum absolute atomic E-state index is 11.0. The molecule has 1 aromatic heterocycles. The number of ether oxygens (including phenoxy) is 1. The third kappa shape index (κ3) is 3.47. The van der Waals surface area contributed by atoms with E-state index in [9.17, 15) is 10.1 Å². The number of benzene rings is 1. The molecule has 21 heavy (non-hydrogen) atoms. The van der Waals surface area contributed by atoms with Crippen molar-refractivity contribution >= 4 is 46.3 Å². The van der Waals surface area contributed by atoms with Crippen molar-refractivity contribution in [1.29, 1.82) is 0 Å². The smallest absolute Gasteiger partial charge is 0.311 e. The Balaban J connectivity index is 2.47. The molecule has 2 aromatic rings. The molecule has 0 saturated carbocycles. The Morgan fingerprint density at radius 1 is 1.24 bits per heavy atom. The Kier molecular flexibility index (Phi) is 4.72. The fourth-order valence-electron chi connectivity index (χ4n) is 1.52. The highest BCUT2D eigenvalue weighted by Gasteiger charge is 2.19. The number of hydrogen-bond donors (Lipinski definition) is 1. The van der Waals surface area contributed by atoms with Gasteiger partial charge in [-0.15, -0.1) is 0 Å². The van der Waals surface area contributed by atoms with Gasteiger partial charge in [0.15, 0.2) is 0 Å². The van der Waals surface area contributed by atoms with Gasteiger partial charge >= 0.3 is 5.69 Å². The first-order valence-corrected chi connectivity index (χ1v) is 6.71. The molecule has 0 aliphatic heterocycles. The molecule has 0 amide bonds. The zero-order valence-corrected chi connectivity index (χ0v) is 12.8. The van der Waals surface area contributed by atoms with Crippen LogP contribution in [0, 0.1) is 10.1 Å². The van der Waals surface area contributed by atoms with Crippen molar-refractivity contribution in [3.63, 3.8) is 0 Å². The molecule has 1 heterocycles. The second-order valence-electron chi connectivity index (χ2n) is 3.83. The second-order valence-corrected chi connectivity index (χ2v) is 5.08. The molecule has 0 aliphatic carbocycles. The summed E-state index contributed by atoms with van der Waals surface area (Å²) in [7, 11) is 1.62. The number of aromatic nitrogens is 1. The number of nitrogens with one attached hydrogen (secondary N) is 1. The van der Waals surface area contributed by atoms with Crippen LogP contribution in [0.1, 0.15) is 0 Å². The Morgan fingerprint density at radius 2 is 1.95 bits per heavy atom. The van der Waals surface area contributed by atoms with Crippen molar-refractivity contribution < 1.29 is 9.66 Å². The summed E-state index contributed by atoms with van der Waals surface area (Å²) in [5.74, 6) is 0.253. The summed E-state index contributed by atoms with van der Waals surface area (Å²) >= 11 is 17.7. The van der Waals surface area contributed by atoms with Gasteiger partial charge in [-0.2, -0.15) is 4.98 Å². The van der Waals surface area contributed by atoms with E-state index in [1.807, 2.05) is 0 Å². The van der Waals surface area contributed by atoms with Crippen LogP contribution >= 0.6 is 34.8 Å². The molecule has 6 nitrogen and oxygen atoms in total. The first-order valence-electron chi connectivity index (χ1n) is 5.58. The van der Waals surface area contributed by atoms with Crippen LogP contribution in [-0.2, 0) is 0 Å². The number of hydrogen-bond acceptors (Lipinski definition) is 5. The van der Waals surface area contributed by atoms with E-state index in [0.717, 1.165) is 0 Å². The third-order valence-corrected chi connectivity index (χ3v) is 3.25. The molecule has 0 radical (unpaired) electrons. The molecule has 1 N–H and O–H groups in total. The normalized spacial score (nSPS) is 10.3. The largest absolute Gasteiger partial charge is 0.430 e. The van der Waals surface area contributed by atoms with Crippen LogP contribution in [0.5, 0.6) is 11.6 Å². The van der Waals surface area contributed by atoms with Crippen molar-refractivity contribution in [3.8, 4) is 11.6 Å². The van der Waals surface area contributed by atoms with E-state index in [4.69, 9.17) is 39.5 Å². The molecule has 0 aliphatic rings. The number of rotatable bonds is 4. The van der Waals surface area contributed by atoms with Crippen molar-refractivity contribution in [2.75, 3.05) is 12.4 Å². The fraction of sp³-hybridized carbons (Fsp3) is 0.0833. The van der Waals surface area contributed by atoms with Crippen LogP contribution in [0.3, 0.4) is 0 Å². The molecule has 1 aromatic carbocycles. The molecule has 0 atom stereocenters. The number of nitro groups is 1. The quantitative estimate of drug-likeness (QED) is 0.635.